The van der Waals surface area contributed by atoms with Gasteiger partial charge in [0, 0.05) is 23.7 Å². The second kappa shape index (κ2) is 5.19. The van der Waals surface area contributed by atoms with Crippen LogP contribution in [-0.4, -0.2) is 17.8 Å². The van der Waals surface area contributed by atoms with Crippen molar-refractivity contribution < 1.29 is 13.9 Å². The summed E-state index contributed by atoms with van der Waals surface area (Å²) >= 11 is 0. The van der Waals surface area contributed by atoms with Crippen LogP contribution in [0.2, 0.25) is 0 Å². The van der Waals surface area contributed by atoms with Gasteiger partial charge >= 0.3 is 0 Å². The minimum absolute atomic E-state index is 0.0207. The SMILES string of the molecule is CC(N[C@@H](C)CO)c1ccc(F)cc1F. The molecule has 1 aromatic rings. The Morgan fingerprint density at radius 3 is 2.53 bits per heavy atom. The average molecular weight is 215 g/mol. The lowest BCUT2D eigenvalue weighted by Crippen LogP contribution is -2.32. The predicted molar refractivity (Wildman–Crippen MR) is 54.5 cm³/mol. The van der Waals surface area contributed by atoms with Crippen molar-refractivity contribution in [3.8, 4) is 0 Å². The quantitative estimate of drug-likeness (QED) is 0.805. The Morgan fingerprint density at radius 2 is 2.00 bits per heavy atom. The number of rotatable bonds is 4. The van der Waals surface area contributed by atoms with Crippen molar-refractivity contribution in [2.24, 2.45) is 0 Å². The number of halogens is 2. The molecule has 15 heavy (non-hydrogen) atoms. The summed E-state index contributed by atoms with van der Waals surface area (Å²) in [6.45, 7) is 3.54. The van der Waals surface area contributed by atoms with Crippen LogP contribution in [0.3, 0.4) is 0 Å². The third-order valence-corrected chi connectivity index (χ3v) is 2.24. The van der Waals surface area contributed by atoms with Crippen LogP contribution in [0.5, 0.6) is 0 Å². The third-order valence-electron chi connectivity index (χ3n) is 2.24. The van der Waals surface area contributed by atoms with Crippen LogP contribution < -0.4 is 5.32 Å². The Morgan fingerprint density at radius 1 is 1.33 bits per heavy atom. The Bertz CT molecular complexity index is 330. The molecule has 0 heterocycles. The molecule has 0 aliphatic rings. The summed E-state index contributed by atoms with van der Waals surface area (Å²) in [7, 11) is 0. The first-order valence-electron chi connectivity index (χ1n) is 4.86. The van der Waals surface area contributed by atoms with Crippen LogP contribution in [0.15, 0.2) is 18.2 Å². The van der Waals surface area contributed by atoms with Crippen LogP contribution in [0.25, 0.3) is 0 Å². The highest BCUT2D eigenvalue weighted by molar-refractivity contribution is 5.21. The first-order chi connectivity index (χ1) is 7.04. The molecule has 0 spiro atoms. The van der Waals surface area contributed by atoms with Gasteiger partial charge in [0.05, 0.1) is 6.61 Å². The van der Waals surface area contributed by atoms with E-state index in [4.69, 9.17) is 5.11 Å². The molecule has 0 saturated carbocycles. The number of aliphatic hydroxyl groups is 1. The molecule has 0 radical (unpaired) electrons. The highest BCUT2D eigenvalue weighted by Crippen LogP contribution is 2.17. The molecule has 0 aliphatic carbocycles. The number of hydrogen-bond donors (Lipinski definition) is 2. The molecule has 1 unspecified atom stereocenters. The molecule has 0 fully saturated rings. The summed E-state index contributed by atoms with van der Waals surface area (Å²) in [4.78, 5) is 0. The van der Waals surface area contributed by atoms with Crippen molar-refractivity contribution in [3.05, 3.63) is 35.4 Å². The molecule has 1 aromatic carbocycles. The van der Waals surface area contributed by atoms with Crippen molar-refractivity contribution in [2.45, 2.75) is 25.9 Å². The topological polar surface area (TPSA) is 32.3 Å². The van der Waals surface area contributed by atoms with Gasteiger partial charge in [-0.15, -0.1) is 0 Å². The van der Waals surface area contributed by atoms with E-state index in [9.17, 15) is 8.78 Å². The van der Waals surface area contributed by atoms with Crippen molar-refractivity contribution in [1.29, 1.82) is 0 Å². The summed E-state index contributed by atoms with van der Waals surface area (Å²) in [6, 6.07) is 3.11. The van der Waals surface area contributed by atoms with Gasteiger partial charge in [0.1, 0.15) is 11.6 Å². The maximum Gasteiger partial charge on any atom is 0.130 e. The van der Waals surface area contributed by atoms with Crippen molar-refractivity contribution in [2.75, 3.05) is 6.61 Å². The average Bonchev–Trinajstić information content (AvgIpc) is 2.17. The van der Waals surface area contributed by atoms with E-state index in [2.05, 4.69) is 5.32 Å². The number of benzene rings is 1. The van der Waals surface area contributed by atoms with Gasteiger partial charge in [0.25, 0.3) is 0 Å². The molecule has 0 aliphatic heterocycles. The highest BCUT2D eigenvalue weighted by Gasteiger charge is 2.13. The van der Waals surface area contributed by atoms with Crippen molar-refractivity contribution >= 4 is 0 Å². The Balaban J connectivity index is 2.77. The third kappa shape index (κ3) is 3.25. The Kier molecular flexibility index (Phi) is 4.17. The Labute approximate surface area is 87.9 Å². The van der Waals surface area contributed by atoms with Gasteiger partial charge in [-0.05, 0) is 19.9 Å². The fraction of sp³-hybridized carbons (Fsp3) is 0.455. The van der Waals surface area contributed by atoms with Gasteiger partial charge in [0.2, 0.25) is 0 Å². The molecule has 2 nitrogen and oxygen atoms in total. The molecule has 4 heteroatoms. The van der Waals surface area contributed by atoms with Crippen molar-refractivity contribution in [1.82, 2.24) is 5.32 Å². The van der Waals surface area contributed by atoms with Gasteiger partial charge in [-0.1, -0.05) is 6.07 Å². The summed E-state index contributed by atoms with van der Waals surface area (Å²) in [5, 5.41) is 11.8. The van der Waals surface area contributed by atoms with Gasteiger partial charge in [-0.2, -0.15) is 0 Å². The largest absolute Gasteiger partial charge is 0.395 e. The fourth-order valence-corrected chi connectivity index (χ4v) is 1.42. The molecule has 0 amide bonds. The van der Waals surface area contributed by atoms with Crippen LogP contribution >= 0.6 is 0 Å². The van der Waals surface area contributed by atoms with Crippen LogP contribution in [0.4, 0.5) is 8.78 Å². The number of aliphatic hydroxyl groups excluding tert-OH is 1. The zero-order chi connectivity index (χ0) is 11.4. The smallest absolute Gasteiger partial charge is 0.130 e. The number of hydrogen-bond acceptors (Lipinski definition) is 2. The standard InChI is InChI=1S/C11H15F2NO/c1-7(6-15)14-8(2)10-4-3-9(12)5-11(10)13/h3-5,7-8,14-15H,6H2,1-2H3/t7-,8?/m0/s1. The monoisotopic (exact) mass is 215 g/mol. The second-order valence-corrected chi connectivity index (χ2v) is 3.64. The maximum absolute atomic E-state index is 13.3. The van der Waals surface area contributed by atoms with E-state index in [0.717, 1.165) is 6.07 Å². The van der Waals surface area contributed by atoms with Gasteiger partial charge in [0.15, 0.2) is 0 Å². The first kappa shape index (κ1) is 12.1. The van der Waals surface area contributed by atoms with Crippen LogP contribution in [0, 0.1) is 11.6 Å². The van der Waals surface area contributed by atoms with E-state index in [-0.39, 0.29) is 18.7 Å². The van der Waals surface area contributed by atoms with Crippen LogP contribution in [0.1, 0.15) is 25.5 Å². The molecular weight excluding hydrogens is 200 g/mol. The minimum Gasteiger partial charge on any atom is -0.395 e. The molecule has 2 atom stereocenters. The molecule has 0 bridgehead atoms. The second-order valence-electron chi connectivity index (χ2n) is 3.64. The first-order valence-corrected chi connectivity index (χ1v) is 4.86. The van der Waals surface area contributed by atoms with E-state index in [1.165, 1.54) is 12.1 Å². The van der Waals surface area contributed by atoms with Crippen LogP contribution in [-0.2, 0) is 0 Å². The van der Waals surface area contributed by atoms with E-state index < -0.39 is 11.6 Å². The van der Waals surface area contributed by atoms with Gasteiger partial charge in [-0.25, -0.2) is 8.78 Å². The normalized spacial score (nSPS) is 15.0. The van der Waals surface area contributed by atoms with E-state index in [0.29, 0.717) is 5.56 Å². The van der Waals surface area contributed by atoms with Gasteiger partial charge < -0.3 is 10.4 Å². The molecule has 0 aromatic heterocycles. The van der Waals surface area contributed by atoms with E-state index >= 15 is 0 Å². The molecular formula is C11H15F2NO. The lowest BCUT2D eigenvalue weighted by molar-refractivity contribution is 0.242. The lowest BCUT2D eigenvalue weighted by atomic mass is 10.1. The van der Waals surface area contributed by atoms with Crippen molar-refractivity contribution in [3.63, 3.8) is 0 Å². The van der Waals surface area contributed by atoms with E-state index in [1.807, 2.05) is 0 Å². The minimum atomic E-state index is -0.585. The maximum atomic E-state index is 13.3. The summed E-state index contributed by atoms with van der Waals surface area (Å²) < 4.78 is 26.0. The van der Waals surface area contributed by atoms with E-state index in [1.54, 1.807) is 13.8 Å². The summed E-state index contributed by atoms with van der Waals surface area (Å²) in [6.07, 6.45) is 0. The number of nitrogens with one attached hydrogen (secondary N) is 1. The fourth-order valence-electron chi connectivity index (χ4n) is 1.42. The molecule has 2 N–H and O–H groups in total. The predicted octanol–water partition coefficient (Wildman–Crippen LogP) is 2.00. The lowest BCUT2D eigenvalue weighted by Gasteiger charge is -2.19. The Hall–Kier alpha value is -1.00. The molecule has 84 valence electrons. The highest BCUT2D eigenvalue weighted by atomic mass is 19.1. The summed E-state index contributed by atoms with van der Waals surface area (Å²) in [5.74, 6) is -1.15. The molecule has 1 rings (SSSR count). The zero-order valence-corrected chi connectivity index (χ0v) is 8.80. The molecule has 0 saturated heterocycles. The zero-order valence-electron chi connectivity index (χ0n) is 8.80. The summed E-state index contributed by atoms with van der Waals surface area (Å²) in [5.41, 5.74) is 0.400. The van der Waals surface area contributed by atoms with Gasteiger partial charge in [-0.3, -0.25) is 0 Å².